The minimum Gasteiger partial charge on any atom is -0.317 e. The number of nitrogens with one attached hydrogen (secondary N) is 1. The van der Waals surface area contributed by atoms with E-state index in [1.165, 1.54) is 0 Å². The van der Waals surface area contributed by atoms with E-state index < -0.39 is 5.51 Å². The summed E-state index contributed by atoms with van der Waals surface area (Å²) in [6.45, 7) is 2.02. The van der Waals surface area contributed by atoms with Gasteiger partial charge in [0, 0.05) is 11.8 Å². The average Bonchev–Trinajstić information content (AvgIpc) is 2.01. The van der Waals surface area contributed by atoms with Crippen LogP contribution in [0.2, 0.25) is 0 Å². The molecule has 0 aromatic rings. The highest BCUT2D eigenvalue weighted by Gasteiger charge is 2.27. The third-order valence-electron chi connectivity index (χ3n) is 1.79. The molecule has 1 unspecified atom stereocenters. The fourth-order valence-electron chi connectivity index (χ4n) is 0.885. The third-order valence-corrected chi connectivity index (χ3v) is 2.61. The molecule has 0 radical (unpaired) electrons. The van der Waals surface area contributed by atoms with E-state index in [1.807, 2.05) is 14.0 Å². The summed E-state index contributed by atoms with van der Waals surface area (Å²) in [5.41, 5.74) is -4.06. The highest BCUT2D eigenvalue weighted by Crippen LogP contribution is 2.30. The summed E-state index contributed by atoms with van der Waals surface area (Å²) in [5.74, 6) is 0.180. The van der Waals surface area contributed by atoms with E-state index in [2.05, 4.69) is 5.32 Å². The largest absolute Gasteiger partial charge is 0.441 e. The second-order valence-corrected chi connectivity index (χ2v) is 4.14. The first-order valence-corrected chi connectivity index (χ1v) is 5.32. The Morgan fingerprint density at radius 1 is 1.31 bits per heavy atom. The number of hydrogen-bond donors (Lipinski definition) is 1. The maximum absolute atomic E-state index is 11.7. The molecule has 0 bridgehead atoms. The monoisotopic (exact) mass is 215 g/mol. The number of hydrogen-bond acceptors (Lipinski definition) is 2. The third kappa shape index (κ3) is 10.0. The van der Waals surface area contributed by atoms with Crippen molar-refractivity contribution in [3.8, 4) is 0 Å². The van der Waals surface area contributed by atoms with Crippen LogP contribution in [0.15, 0.2) is 0 Å². The highest BCUT2D eigenvalue weighted by molar-refractivity contribution is 8.00. The van der Waals surface area contributed by atoms with E-state index >= 15 is 0 Å². The maximum atomic E-state index is 11.7. The van der Waals surface area contributed by atoms with Gasteiger partial charge in [-0.25, -0.2) is 0 Å². The Labute approximate surface area is 81.5 Å². The highest BCUT2D eigenvalue weighted by atomic mass is 32.2. The van der Waals surface area contributed by atoms with Crippen molar-refractivity contribution in [2.24, 2.45) is 0 Å². The topological polar surface area (TPSA) is 12.0 Å². The van der Waals surface area contributed by atoms with Gasteiger partial charge in [0.25, 0.3) is 0 Å². The molecule has 0 amide bonds. The summed E-state index contributed by atoms with van der Waals surface area (Å²) >= 11 is 0.0724. The van der Waals surface area contributed by atoms with Crippen LogP contribution in [-0.4, -0.2) is 24.4 Å². The summed E-state index contributed by atoms with van der Waals surface area (Å²) in [4.78, 5) is 0. The van der Waals surface area contributed by atoms with E-state index in [1.54, 1.807) is 0 Å². The van der Waals surface area contributed by atoms with Crippen LogP contribution in [0.25, 0.3) is 0 Å². The van der Waals surface area contributed by atoms with Crippen molar-refractivity contribution >= 4 is 11.8 Å². The maximum Gasteiger partial charge on any atom is 0.441 e. The Hall–Kier alpha value is 0.100. The molecule has 5 heteroatoms. The van der Waals surface area contributed by atoms with E-state index in [-0.39, 0.29) is 17.5 Å². The van der Waals surface area contributed by atoms with Crippen LogP contribution in [0.1, 0.15) is 26.2 Å². The predicted octanol–water partition coefficient (Wildman–Crippen LogP) is 3.02. The van der Waals surface area contributed by atoms with E-state index in [4.69, 9.17) is 0 Å². The van der Waals surface area contributed by atoms with Crippen LogP contribution in [0.3, 0.4) is 0 Å². The number of thioether (sulfide) groups is 1. The minimum absolute atomic E-state index is 0.0724. The number of halogens is 3. The van der Waals surface area contributed by atoms with Crippen LogP contribution >= 0.6 is 11.8 Å². The summed E-state index contributed by atoms with van der Waals surface area (Å²) in [7, 11) is 1.86. The fourth-order valence-corrected chi connectivity index (χ4v) is 1.46. The first kappa shape index (κ1) is 13.1. The smallest absolute Gasteiger partial charge is 0.317 e. The zero-order chi connectivity index (χ0) is 10.3. The van der Waals surface area contributed by atoms with Crippen LogP contribution < -0.4 is 5.32 Å². The molecular weight excluding hydrogens is 199 g/mol. The molecule has 0 aliphatic carbocycles. The predicted molar refractivity (Wildman–Crippen MR) is 50.9 cm³/mol. The van der Waals surface area contributed by atoms with Crippen LogP contribution in [-0.2, 0) is 0 Å². The normalized spacial score (nSPS) is 14.5. The van der Waals surface area contributed by atoms with Crippen molar-refractivity contribution in [3.05, 3.63) is 0 Å². The molecule has 0 heterocycles. The van der Waals surface area contributed by atoms with Crippen molar-refractivity contribution < 1.29 is 13.2 Å². The standard InChI is InChI=1S/C8H16F3NS/c1-7(12-2)5-3-4-6-13-8(9,10)11/h7,12H,3-6H2,1-2H3. The lowest BCUT2D eigenvalue weighted by molar-refractivity contribution is -0.0328. The summed E-state index contributed by atoms with van der Waals surface area (Å²) in [6, 6.07) is 0.399. The van der Waals surface area contributed by atoms with Crippen LogP contribution in [0.5, 0.6) is 0 Å². The number of unbranched alkanes of at least 4 members (excludes halogenated alkanes) is 1. The van der Waals surface area contributed by atoms with Gasteiger partial charge in [-0.3, -0.25) is 0 Å². The zero-order valence-electron chi connectivity index (χ0n) is 7.95. The molecule has 0 aliphatic heterocycles. The summed E-state index contributed by atoms with van der Waals surface area (Å²) < 4.78 is 35.0. The Balaban J connectivity index is 3.18. The Bertz CT molecular complexity index is 127. The van der Waals surface area contributed by atoms with Gasteiger partial charge in [-0.15, -0.1) is 0 Å². The molecule has 0 aromatic heterocycles. The van der Waals surface area contributed by atoms with Crippen molar-refractivity contribution in [1.29, 1.82) is 0 Å². The van der Waals surface area contributed by atoms with E-state index in [0.717, 1.165) is 12.8 Å². The Morgan fingerprint density at radius 2 is 1.92 bits per heavy atom. The molecule has 0 spiro atoms. The SMILES string of the molecule is CNC(C)CCCCSC(F)(F)F. The first-order chi connectivity index (χ1) is 5.95. The number of alkyl halides is 3. The molecule has 0 saturated carbocycles. The van der Waals surface area contributed by atoms with Crippen molar-refractivity contribution in [3.63, 3.8) is 0 Å². The average molecular weight is 215 g/mol. The van der Waals surface area contributed by atoms with Gasteiger partial charge in [0.1, 0.15) is 0 Å². The van der Waals surface area contributed by atoms with Gasteiger partial charge in [-0.2, -0.15) is 13.2 Å². The Morgan fingerprint density at radius 3 is 2.38 bits per heavy atom. The lowest BCUT2D eigenvalue weighted by Gasteiger charge is -2.09. The van der Waals surface area contributed by atoms with Gasteiger partial charge in [0.2, 0.25) is 0 Å². The molecule has 0 aromatic carbocycles. The molecule has 0 rings (SSSR count). The van der Waals surface area contributed by atoms with Gasteiger partial charge in [0.15, 0.2) is 0 Å². The second kappa shape index (κ2) is 6.54. The summed E-state index contributed by atoms with van der Waals surface area (Å²) in [6.07, 6.45) is 2.43. The molecule has 0 fully saturated rings. The molecule has 1 nitrogen and oxygen atoms in total. The van der Waals surface area contributed by atoms with E-state index in [9.17, 15) is 13.2 Å². The number of rotatable bonds is 6. The van der Waals surface area contributed by atoms with Crippen LogP contribution in [0, 0.1) is 0 Å². The van der Waals surface area contributed by atoms with Crippen LogP contribution in [0.4, 0.5) is 13.2 Å². The zero-order valence-corrected chi connectivity index (χ0v) is 8.76. The molecule has 0 saturated heterocycles. The van der Waals surface area contributed by atoms with Crippen molar-refractivity contribution in [1.82, 2.24) is 5.32 Å². The molecule has 80 valence electrons. The molecule has 1 N–H and O–H groups in total. The lowest BCUT2D eigenvalue weighted by atomic mass is 10.1. The fraction of sp³-hybridized carbons (Fsp3) is 1.00. The van der Waals surface area contributed by atoms with Gasteiger partial charge in [-0.1, -0.05) is 18.2 Å². The van der Waals surface area contributed by atoms with E-state index in [0.29, 0.717) is 12.5 Å². The quantitative estimate of drug-likeness (QED) is 0.683. The lowest BCUT2D eigenvalue weighted by Crippen LogP contribution is -2.20. The van der Waals surface area contributed by atoms with Crippen molar-refractivity contribution in [2.75, 3.05) is 12.8 Å². The molecule has 1 atom stereocenters. The summed E-state index contributed by atoms with van der Waals surface area (Å²) in [5, 5.41) is 3.04. The minimum atomic E-state index is -4.06. The van der Waals surface area contributed by atoms with Gasteiger partial charge < -0.3 is 5.32 Å². The Kier molecular flexibility index (Phi) is 6.59. The molecule has 13 heavy (non-hydrogen) atoms. The van der Waals surface area contributed by atoms with Gasteiger partial charge >= 0.3 is 5.51 Å². The molecule has 0 aliphatic rings. The molecular formula is C8H16F3NS. The van der Waals surface area contributed by atoms with Gasteiger partial charge in [-0.05, 0) is 26.8 Å². The second-order valence-electron chi connectivity index (χ2n) is 2.98. The van der Waals surface area contributed by atoms with Gasteiger partial charge in [0.05, 0.1) is 0 Å². The van der Waals surface area contributed by atoms with Crippen molar-refractivity contribution in [2.45, 2.75) is 37.7 Å². The first-order valence-electron chi connectivity index (χ1n) is 4.33.